The number of methoxy groups -OCH3 is 1. The van der Waals surface area contributed by atoms with Gasteiger partial charge in [-0.1, -0.05) is 0 Å². The van der Waals surface area contributed by atoms with Crippen LogP contribution in [0.15, 0.2) is 0 Å². The standard InChI is InChI=1S/C12H22N2O5/c1-18-5-6-19-4-2-3-13-12(17)14-8-10(9-14)7-11(15)16/h10H,2-9H2,1H3,(H,13,17)(H,15,16). The van der Waals surface area contributed by atoms with E-state index in [-0.39, 0.29) is 18.4 Å². The Kier molecular flexibility index (Phi) is 7.20. The van der Waals surface area contributed by atoms with Crippen molar-refractivity contribution in [3.63, 3.8) is 0 Å². The van der Waals surface area contributed by atoms with Crippen LogP contribution in [0.2, 0.25) is 0 Å². The topological polar surface area (TPSA) is 88.1 Å². The number of nitrogens with zero attached hydrogens (tertiary/aromatic N) is 1. The molecule has 0 spiro atoms. The summed E-state index contributed by atoms with van der Waals surface area (Å²) in [7, 11) is 1.62. The number of nitrogens with one attached hydrogen (secondary N) is 1. The zero-order chi connectivity index (χ0) is 14.1. The Morgan fingerprint density at radius 1 is 1.32 bits per heavy atom. The first kappa shape index (κ1) is 15.7. The highest BCUT2D eigenvalue weighted by Crippen LogP contribution is 2.18. The van der Waals surface area contributed by atoms with Gasteiger partial charge in [0.15, 0.2) is 0 Å². The lowest BCUT2D eigenvalue weighted by Crippen LogP contribution is -2.54. The number of carbonyl (C=O) groups excluding carboxylic acids is 1. The van der Waals surface area contributed by atoms with E-state index in [4.69, 9.17) is 14.6 Å². The van der Waals surface area contributed by atoms with Crippen molar-refractivity contribution >= 4 is 12.0 Å². The van der Waals surface area contributed by atoms with Crippen LogP contribution in [-0.2, 0) is 14.3 Å². The van der Waals surface area contributed by atoms with Gasteiger partial charge in [-0.3, -0.25) is 4.79 Å². The van der Waals surface area contributed by atoms with Crippen LogP contribution < -0.4 is 5.32 Å². The van der Waals surface area contributed by atoms with Gasteiger partial charge in [-0.15, -0.1) is 0 Å². The third-order valence-corrected chi connectivity index (χ3v) is 2.88. The number of carbonyl (C=O) groups is 2. The molecule has 0 saturated carbocycles. The minimum absolute atomic E-state index is 0.0978. The lowest BCUT2D eigenvalue weighted by Gasteiger charge is -2.38. The van der Waals surface area contributed by atoms with E-state index in [0.29, 0.717) is 39.5 Å². The number of carboxylic acid groups (broad SMARTS) is 1. The number of urea groups is 1. The summed E-state index contributed by atoms with van der Waals surface area (Å²) in [5, 5.41) is 11.4. The summed E-state index contributed by atoms with van der Waals surface area (Å²) in [5.41, 5.74) is 0. The molecule has 1 rings (SSSR count). The van der Waals surface area contributed by atoms with Crippen LogP contribution >= 0.6 is 0 Å². The van der Waals surface area contributed by atoms with Crippen molar-refractivity contribution < 1.29 is 24.2 Å². The number of carboxylic acids is 1. The van der Waals surface area contributed by atoms with Gasteiger partial charge in [-0.05, 0) is 6.42 Å². The lowest BCUT2D eigenvalue weighted by atomic mass is 9.97. The Balaban J connectivity index is 1.94. The number of ether oxygens (including phenoxy) is 2. The summed E-state index contributed by atoms with van der Waals surface area (Å²) < 4.78 is 10.1. The van der Waals surface area contributed by atoms with Crippen molar-refractivity contribution in [1.82, 2.24) is 10.2 Å². The minimum Gasteiger partial charge on any atom is -0.481 e. The first-order valence-corrected chi connectivity index (χ1v) is 6.44. The van der Waals surface area contributed by atoms with E-state index < -0.39 is 5.97 Å². The molecule has 1 fully saturated rings. The van der Waals surface area contributed by atoms with E-state index in [9.17, 15) is 9.59 Å². The Bertz CT molecular complexity index is 292. The van der Waals surface area contributed by atoms with Gasteiger partial charge < -0.3 is 24.8 Å². The Hall–Kier alpha value is -1.34. The first-order chi connectivity index (χ1) is 9.13. The van der Waals surface area contributed by atoms with E-state index in [0.717, 1.165) is 6.42 Å². The van der Waals surface area contributed by atoms with Crippen molar-refractivity contribution in [1.29, 1.82) is 0 Å². The number of hydrogen-bond donors (Lipinski definition) is 2. The molecule has 0 radical (unpaired) electrons. The molecule has 0 bridgehead atoms. The maximum atomic E-state index is 11.6. The quantitative estimate of drug-likeness (QED) is 0.585. The third kappa shape index (κ3) is 6.40. The summed E-state index contributed by atoms with van der Waals surface area (Å²) in [6, 6.07) is -0.126. The molecule has 0 aromatic carbocycles. The van der Waals surface area contributed by atoms with Crippen LogP contribution in [0.25, 0.3) is 0 Å². The number of amides is 2. The van der Waals surface area contributed by atoms with Gasteiger partial charge in [-0.2, -0.15) is 0 Å². The molecule has 7 nitrogen and oxygen atoms in total. The normalized spacial score (nSPS) is 15.1. The summed E-state index contributed by atoms with van der Waals surface area (Å²) in [6.07, 6.45) is 0.888. The maximum Gasteiger partial charge on any atom is 0.317 e. The lowest BCUT2D eigenvalue weighted by molar-refractivity contribution is -0.139. The second-order valence-electron chi connectivity index (χ2n) is 4.56. The molecule has 1 saturated heterocycles. The van der Waals surface area contributed by atoms with Gasteiger partial charge in [0.25, 0.3) is 0 Å². The average Bonchev–Trinajstić information content (AvgIpc) is 2.31. The first-order valence-electron chi connectivity index (χ1n) is 6.44. The largest absolute Gasteiger partial charge is 0.481 e. The fourth-order valence-electron chi connectivity index (χ4n) is 1.84. The molecule has 0 aromatic heterocycles. The maximum absolute atomic E-state index is 11.6. The van der Waals surface area contributed by atoms with Gasteiger partial charge in [0.2, 0.25) is 0 Å². The van der Waals surface area contributed by atoms with Gasteiger partial charge in [0.05, 0.1) is 19.6 Å². The average molecular weight is 274 g/mol. The molecule has 1 aliphatic heterocycles. The van der Waals surface area contributed by atoms with Gasteiger partial charge in [0.1, 0.15) is 0 Å². The third-order valence-electron chi connectivity index (χ3n) is 2.88. The summed E-state index contributed by atoms with van der Waals surface area (Å²) in [6.45, 7) is 3.35. The van der Waals surface area contributed by atoms with E-state index in [2.05, 4.69) is 5.32 Å². The molecule has 0 unspecified atom stereocenters. The molecule has 2 amide bonds. The molecule has 110 valence electrons. The zero-order valence-electron chi connectivity index (χ0n) is 11.3. The highest BCUT2D eigenvalue weighted by molar-refractivity contribution is 5.75. The summed E-state index contributed by atoms with van der Waals surface area (Å²) in [5.74, 6) is -0.709. The summed E-state index contributed by atoms with van der Waals surface area (Å²) in [4.78, 5) is 23.7. The van der Waals surface area contributed by atoms with Crippen LogP contribution in [-0.4, -0.2) is 68.6 Å². The SMILES string of the molecule is COCCOCCCNC(=O)N1CC(CC(=O)O)C1. The van der Waals surface area contributed by atoms with Crippen molar-refractivity contribution in [3.05, 3.63) is 0 Å². The van der Waals surface area contributed by atoms with Gasteiger partial charge in [-0.25, -0.2) is 4.79 Å². The Labute approximate surface area is 112 Å². The van der Waals surface area contributed by atoms with Crippen molar-refractivity contribution in [3.8, 4) is 0 Å². The van der Waals surface area contributed by atoms with Crippen LogP contribution in [0.5, 0.6) is 0 Å². The molecule has 0 atom stereocenters. The molecule has 7 heteroatoms. The zero-order valence-corrected chi connectivity index (χ0v) is 11.3. The fraction of sp³-hybridized carbons (Fsp3) is 0.833. The predicted molar refractivity (Wildman–Crippen MR) is 68.0 cm³/mol. The smallest absolute Gasteiger partial charge is 0.317 e. The van der Waals surface area contributed by atoms with E-state index in [1.807, 2.05) is 0 Å². The number of hydrogen-bond acceptors (Lipinski definition) is 4. The summed E-state index contributed by atoms with van der Waals surface area (Å²) >= 11 is 0. The molecular weight excluding hydrogens is 252 g/mol. The molecular formula is C12H22N2O5. The Morgan fingerprint density at radius 3 is 2.68 bits per heavy atom. The van der Waals surface area contributed by atoms with Gasteiger partial charge in [0, 0.05) is 39.3 Å². The van der Waals surface area contributed by atoms with Crippen LogP contribution in [0.3, 0.4) is 0 Å². The monoisotopic (exact) mass is 274 g/mol. The van der Waals surface area contributed by atoms with Crippen LogP contribution in [0, 0.1) is 5.92 Å². The fourth-order valence-corrected chi connectivity index (χ4v) is 1.84. The van der Waals surface area contributed by atoms with Crippen LogP contribution in [0.1, 0.15) is 12.8 Å². The van der Waals surface area contributed by atoms with Crippen molar-refractivity contribution in [2.24, 2.45) is 5.92 Å². The van der Waals surface area contributed by atoms with Crippen molar-refractivity contribution in [2.75, 3.05) is 46.6 Å². The molecule has 2 N–H and O–H groups in total. The number of likely N-dealkylation sites (tertiary alicyclic amines) is 1. The highest BCUT2D eigenvalue weighted by Gasteiger charge is 2.31. The number of aliphatic carboxylic acids is 1. The molecule has 0 aromatic rings. The molecule has 0 aliphatic carbocycles. The van der Waals surface area contributed by atoms with E-state index in [1.165, 1.54) is 0 Å². The second-order valence-corrected chi connectivity index (χ2v) is 4.56. The van der Waals surface area contributed by atoms with Gasteiger partial charge >= 0.3 is 12.0 Å². The number of rotatable bonds is 9. The second kappa shape index (κ2) is 8.71. The predicted octanol–water partition coefficient (Wildman–Crippen LogP) is 0.156. The Morgan fingerprint density at radius 2 is 2.05 bits per heavy atom. The van der Waals surface area contributed by atoms with Crippen molar-refractivity contribution in [2.45, 2.75) is 12.8 Å². The van der Waals surface area contributed by atoms with E-state index in [1.54, 1.807) is 12.0 Å². The molecule has 19 heavy (non-hydrogen) atoms. The molecule has 1 aliphatic rings. The minimum atomic E-state index is -0.807. The van der Waals surface area contributed by atoms with E-state index >= 15 is 0 Å². The highest BCUT2D eigenvalue weighted by atomic mass is 16.5. The van der Waals surface area contributed by atoms with Crippen LogP contribution in [0.4, 0.5) is 4.79 Å². The molecule has 1 heterocycles.